The molecule has 1 saturated heterocycles. The summed E-state index contributed by atoms with van der Waals surface area (Å²) in [4.78, 5) is 2.65. The topological polar surface area (TPSA) is 24.5 Å². The van der Waals surface area contributed by atoms with Crippen molar-refractivity contribution in [3.05, 3.63) is 29.8 Å². The van der Waals surface area contributed by atoms with Gasteiger partial charge in [-0.2, -0.15) is 0 Å². The van der Waals surface area contributed by atoms with Crippen molar-refractivity contribution in [1.82, 2.24) is 10.2 Å². The zero-order valence-electron chi connectivity index (χ0n) is 13.3. The average molecular weight is 347 g/mol. The fourth-order valence-corrected chi connectivity index (χ4v) is 3.18. The van der Waals surface area contributed by atoms with Crippen LogP contribution in [-0.4, -0.2) is 37.7 Å². The zero-order valence-corrected chi connectivity index (χ0v) is 14.9. The van der Waals surface area contributed by atoms with Crippen LogP contribution in [0.4, 0.5) is 0 Å². The van der Waals surface area contributed by atoms with Gasteiger partial charge in [-0.05, 0) is 25.3 Å². The van der Waals surface area contributed by atoms with Gasteiger partial charge in [-0.3, -0.25) is 4.90 Å². The maximum atomic E-state index is 5.87. The maximum absolute atomic E-state index is 5.87. The monoisotopic (exact) mass is 346 g/mol. The van der Waals surface area contributed by atoms with Gasteiger partial charge < -0.3 is 10.1 Å². The highest BCUT2D eigenvalue weighted by molar-refractivity contribution is 5.85. The number of nitrogens with zero attached hydrogens (tertiary/aromatic N) is 1. The first-order valence-corrected chi connectivity index (χ1v) is 8.05. The zero-order chi connectivity index (χ0) is 13.8. The summed E-state index contributed by atoms with van der Waals surface area (Å²) < 4.78 is 5.87. The lowest BCUT2D eigenvalue weighted by Crippen LogP contribution is -2.45. The molecule has 5 heteroatoms. The number of hydrogen-bond donors (Lipinski definition) is 1. The third-order valence-electron chi connectivity index (χ3n) is 4.42. The van der Waals surface area contributed by atoms with Crippen LogP contribution in [0.15, 0.2) is 24.3 Å². The molecule has 0 amide bonds. The van der Waals surface area contributed by atoms with Gasteiger partial charge in [0.1, 0.15) is 5.75 Å². The molecule has 1 aromatic carbocycles. The standard InChI is InChI=1S/C17H26N2O.2ClH/c1-2-20-17-6-4-3-5-15(17)16(13-14-7-8-14)19-11-9-18-10-12-19;;/h3-6,14,16,18H,2,7-13H2,1H3;2*1H/t16-;;/m0../s1. The highest BCUT2D eigenvalue weighted by atomic mass is 35.5. The van der Waals surface area contributed by atoms with Crippen molar-refractivity contribution in [2.45, 2.75) is 32.2 Å². The van der Waals surface area contributed by atoms with Crippen LogP contribution in [0.1, 0.15) is 37.8 Å². The SMILES string of the molecule is CCOc1ccccc1[C@H](CC1CC1)N1CCNCC1.Cl.Cl. The largest absolute Gasteiger partial charge is 0.494 e. The van der Waals surface area contributed by atoms with Gasteiger partial charge in [-0.15, -0.1) is 24.8 Å². The number of rotatable bonds is 6. The van der Waals surface area contributed by atoms with Crippen molar-refractivity contribution < 1.29 is 4.74 Å². The second-order valence-electron chi connectivity index (χ2n) is 5.95. The molecular weight excluding hydrogens is 319 g/mol. The molecule has 1 aliphatic heterocycles. The summed E-state index contributed by atoms with van der Waals surface area (Å²) in [7, 11) is 0. The Hall–Kier alpha value is -0.480. The van der Waals surface area contributed by atoms with Crippen LogP contribution in [0.2, 0.25) is 0 Å². The normalized spacial score (nSPS) is 19.7. The van der Waals surface area contributed by atoms with Crippen LogP contribution in [0.5, 0.6) is 5.75 Å². The summed E-state index contributed by atoms with van der Waals surface area (Å²) in [5.41, 5.74) is 1.39. The van der Waals surface area contributed by atoms with Gasteiger partial charge in [-0.25, -0.2) is 0 Å². The number of benzene rings is 1. The molecule has 0 bridgehead atoms. The Balaban J connectivity index is 0.00000121. The summed E-state index contributed by atoms with van der Waals surface area (Å²) >= 11 is 0. The Bertz CT molecular complexity index is 434. The van der Waals surface area contributed by atoms with Gasteiger partial charge in [0.05, 0.1) is 6.61 Å². The highest BCUT2D eigenvalue weighted by Crippen LogP contribution is 2.42. The molecule has 2 aliphatic rings. The van der Waals surface area contributed by atoms with Crippen molar-refractivity contribution in [3.63, 3.8) is 0 Å². The van der Waals surface area contributed by atoms with E-state index in [0.717, 1.165) is 44.5 Å². The van der Waals surface area contributed by atoms with E-state index in [4.69, 9.17) is 4.74 Å². The summed E-state index contributed by atoms with van der Waals surface area (Å²) in [5, 5.41) is 3.46. The fraction of sp³-hybridized carbons (Fsp3) is 0.647. The summed E-state index contributed by atoms with van der Waals surface area (Å²) in [6.45, 7) is 7.33. The minimum atomic E-state index is 0. The summed E-state index contributed by atoms with van der Waals surface area (Å²) in [6, 6.07) is 9.16. The van der Waals surface area contributed by atoms with Gasteiger partial charge in [-0.1, -0.05) is 31.0 Å². The first-order valence-electron chi connectivity index (χ1n) is 8.05. The molecule has 1 N–H and O–H groups in total. The molecule has 0 spiro atoms. The molecule has 3 rings (SSSR count). The quantitative estimate of drug-likeness (QED) is 0.850. The first kappa shape index (κ1) is 19.6. The molecule has 22 heavy (non-hydrogen) atoms. The molecule has 3 nitrogen and oxygen atoms in total. The molecule has 1 heterocycles. The van der Waals surface area contributed by atoms with Crippen molar-refractivity contribution in [2.75, 3.05) is 32.8 Å². The van der Waals surface area contributed by atoms with Crippen LogP contribution in [0, 0.1) is 5.92 Å². The van der Waals surface area contributed by atoms with E-state index >= 15 is 0 Å². The van der Waals surface area contributed by atoms with Crippen LogP contribution in [-0.2, 0) is 0 Å². The summed E-state index contributed by atoms with van der Waals surface area (Å²) in [6.07, 6.45) is 4.13. The second kappa shape index (κ2) is 9.61. The van der Waals surface area contributed by atoms with Crippen LogP contribution >= 0.6 is 24.8 Å². The number of hydrogen-bond acceptors (Lipinski definition) is 3. The minimum Gasteiger partial charge on any atom is -0.494 e. The maximum Gasteiger partial charge on any atom is 0.124 e. The predicted octanol–water partition coefficient (Wildman–Crippen LogP) is 3.68. The highest BCUT2D eigenvalue weighted by Gasteiger charge is 2.31. The van der Waals surface area contributed by atoms with Crippen molar-refractivity contribution in [3.8, 4) is 5.75 Å². The molecule has 0 radical (unpaired) electrons. The van der Waals surface area contributed by atoms with E-state index in [0.29, 0.717) is 6.04 Å². The molecule has 1 atom stereocenters. The lowest BCUT2D eigenvalue weighted by atomic mass is 9.97. The van der Waals surface area contributed by atoms with Crippen molar-refractivity contribution in [2.24, 2.45) is 5.92 Å². The number of para-hydroxylation sites is 1. The van der Waals surface area contributed by atoms with Crippen LogP contribution in [0.3, 0.4) is 0 Å². The third-order valence-corrected chi connectivity index (χ3v) is 4.42. The number of nitrogens with one attached hydrogen (secondary N) is 1. The molecule has 126 valence electrons. The minimum absolute atomic E-state index is 0. The Morgan fingerprint density at radius 2 is 1.86 bits per heavy atom. The van der Waals surface area contributed by atoms with E-state index < -0.39 is 0 Å². The number of ether oxygens (including phenoxy) is 1. The number of piperazine rings is 1. The van der Waals surface area contributed by atoms with Crippen LogP contribution in [0.25, 0.3) is 0 Å². The smallest absolute Gasteiger partial charge is 0.124 e. The van der Waals surface area contributed by atoms with E-state index in [2.05, 4.69) is 41.4 Å². The Morgan fingerprint density at radius 1 is 1.18 bits per heavy atom. The molecule has 0 unspecified atom stereocenters. The summed E-state index contributed by atoms with van der Waals surface area (Å²) in [5.74, 6) is 2.02. The number of halogens is 2. The van der Waals surface area contributed by atoms with Gasteiger partial charge >= 0.3 is 0 Å². The Kier molecular flexibility index (Phi) is 8.55. The molecular formula is C17H28Cl2N2O. The second-order valence-corrected chi connectivity index (χ2v) is 5.95. The fourth-order valence-electron chi connectivity index (χ4n) is 3.18. The molecule has 1 aromatic rings. The average Bonchev–Trinajstić information content (AvgIpc) is 3.31. The van der Waals surface area contributed by atoms with Gasteiger partial charge in [0.2, 0.25) is 0 Å². The molecule has 2 fully saturated rings. The van der Waals surface area contributed by atoms with Crippen molar-refractivity contribution in [1.29, 1.82) is 0 Å². The lowest BCUT2D eigenvalue weighted by molar-refractivity contribution is 0.157. The molecule has 0 aromatic heterocycles. The van der Waals surface area contributed by atoms with Crippen molar-refractivity contribution >= 4 is 24.8 Å². The molecule has 1 saturated carbocycles. The third kappa shape index (κ3) is 5.02. The Labute approximate surface area is 146 Å². The van der Waals surface area contributed by atoms with Gasteiger partial charge in [0.15, 0.2) is 0 Å². The van der Waals surface area contributed by atoms with Gasteiger partial charge in [0, 0.05) is 37.8 Å². The lowest BCUT2D eigenvalue weighted by Gasteiger charge is -2.36. The Morgan fingerprint density at radius 3 is 2.50 bits per heavy atom. The van der Waals surface area contributed by atoms with E-state index in [1.165, 1.54) is 24.8 Å². The van der Waals surface area contributed by atoms with Gasteiger partial charge in [0.25, 0.3) is 0 Å². The van der Waals surface area contributed by atoms with E-state index in [9.17, 15) is 0 Å². The van der Waals surface area contributed by atoms with E-state index in [1.54, 1.807) is 0 Å². The predicted molar refractivity (Wildman–Crippen MR) is 96.6 cm³/mol. The van der Waals surface area contributed by atoms with E-state index in [1.807, 2.05) is 0 Å². The van der Waals surface area contributed by atoms with E-state index in [-0.39, 0.29) is 24.8 Å². The first-order chi connectivity index (χ1) is 9.88. The van der Waals surface area contributed by atoms with Crippen LogP contribution < -0.4 is 10.1 Å². The molecule has 1 aliphatic carbocycles.